The SMILES string of the molecule is CCC(N)Cc1cccc(F)c1N1CCSC(CC)C1. The van der Waals surface area contributed by atoms with Crippen LogP contribution in [-0.2, 0) is 6.42 Å². The number of rotatable bonds is 5. The lowest BCUT2D eigenvalue weighted by Crippen LogP contribution is -2.39. The molecule has 0 bridgehead atoms. The summed E-state index contributed by atoms with van der Waals surface area (Å²) in [5, 5.41) is 0.607. The van der Waals surface area contributed by atoms with Gasteiger partial charge in [0.15, 0.2) is 0 Å². The van der Waals surface area contributed by atoms with Gasteiger partial charge in [0, 0.05) is 30.1 Å². The summed E-state index contributed by atoms with van der Waals surface area (Å²) in [6, 6.07) is 5.50. The fourth-order valence-electron chi connectivity index (χ4n) is 2.68. The molecule has 0 aromatic heterocycles. The van der Waals surface area contributed by atoms with Crippen molar-refractivity contribution in [3.63, 3.8) is 0 Å². The van der Waals surface area contributed by atoms with Crippen LogP contribution in [0.15, 0.2) is 18.2 Å². The summed E-state index contributed by atoms with van der Waals surface area (Å²) in [6.07, 6.45) is 2.81. The first-order valence-corrected chi connectivity index (χ1v) is 8.60. The first-order chi connectivity index (χ1) is 9.65. The molecule has 1 saturated heterocycles. The molecular formula is C16H25FN2S. The number of anilines is 1. The maximum Gasteiger partial charge on any atom is 0.146 e. The van der Waals surface area contributed by atoms with Crippen molar-refractivity contribution in [2.75, 3.05) is 23.7 Å². The van der Waals surface area contributed by atoms with E-state index in [1.54, 1.807) is 12.1 Å². The summed E-state index contributed by atoms with van der Waals surface area (Å²) in [4.78, 5) is 2.22. The Morgan fingerprint density at radius 1 is 1.45 bits per heavy atom. The van der Waals surface area contributed by atoms with Gasteiger partial charge in [0.25, 0.3) is 0 Å². The van der Waals surface area contributed by atoms with Crippen molar-refractivity contribution >= 4 is 17.4 Å². The van der Waals surface area contributed by atoms with E-state index in [9.17, 15) is 4.39 Å². The smallest absolute Gasteiger partial charge is 0.146 e. The highest BCUT2D eigenvalue weighted by atomic mass is 32.2. The van der Waals surface area contributed by atoms with Gasteiger partial charge in [-0.2, -0.15) is 11.8 Å². The predicted molar refractivity (Wildman–Crippen MR) is 87.1 cm³/mol. The Morgan fingerprint density at radius 3 is 2.95 bits per heavy atom. The van der Waals surface area contributed by atoms with Crippen LogP contribution in [0, 0.1) is 5.82 Å². The molecule has 2 nitrogen and oxygen atoms in total. The van der Waals surface area contributed by atoms with E-state index < -0.39 is 0 Å². The zero-order valence-electron chi connectivity index (χ0n) is 12.4. The summed E-state index contributed by atoms with van der Waals surface area (Å²) in [7, 11) is 0. The van der Waals surface area contributed by atoms with Crippen LogP contribution >= 0.6 is 11.8 Å². The molecule has 20 heavy (non-hydrogen) atoms. The summed E-state index contributed by atoms with van der Waals surface area (Å²) in [5.74, 6) is 0.971. The second kappa shape index (κ2) is 7.32. The number of hydrogen-bond donors (Lipinski definition) is 1. The second-order valence-electron chi connectivity index (χ2n) is 5.47. The van der Waals surface area contributed by atoms with Crippen LogP contribution in [0.4, 0.5) is 10.1 Å². The Bertz CT molecular complexity index is 438. The second-order valence-corrected chi connectivity index (χ2v) is 6.88. The zero-order chi connectivity index (χ0) is 14.5. The fraction of sp³-hybridized carbons (Fsp3) is 0.625. The number of nitrogens with zero attached hydrogens (tertiary/aromatic N) is 1. The molecule has 0 saturated carbocycles. The van der Waals surface area contributed by atoms with Crippen molar-refractivity contribution in [1.82, 2.24) is 0 Å². The topological polar surface area (TPSA) is 29.3 Å². The van der Waals surface area contributed by atoms with Gasteiger partial charge in [-0.1, -0.05) is 26.0 Å². The van der Waals surface area contributed by atoms with Crippen LogP contribution in [0.5, 0.6) is 0 Å². The third kappa shape index (κ3) is 3.67. The van der Waals surface area contributed by atoms with Crippen LogP contribution < -0.4 is 10.6 Å². The van der Waals surface area contributed by atoms with Crippen molar-refractivity contribution < 1.29 is 4.39 Å². The number of thioether (sulfide) groups is 1. The largest absolute Gasteiger partial charge is 0.367 e. The molecule has 2 N–H and O–H groups in total. The monoisotopic (exact) mass is 296 g/mol. The zero-order valence-corrected chi connectivity index (χ0v) is 13.3. The molecule has 1 aliphatic rings. The van der Waals surface area contributed by atoms with Crippen LogP contribution in [-0.4, -0.2) is 30.1 Å². The van der Waals surface area contributed by atoms with E-state index in [1.165, 1.54) is 0 Å². The van der Waals surface area contributed by atoms with Crippen molar-refractivity contribution in [1.29, 1.82) is 0 Å². The van der Waals surface area contributed by atoms with E-state index in [-0.39, 0.29) is 11.9 Å². The first kappa shape index (κ1) is 15.6. The fourth-order valence-corrected chi connectivity index (χ4v) is 3.86. The lowest BCUT2D eigenvalue weighted by atomic mass is 10.0. The minimum atomic E-state index is -0.104. The van der Waals surface area contributed by atoms with Crippen molar-refractivity contribution in [2.24, 2.45) is 5.73 Å². The number of benzene rings is 1. The molecule has 1 aromatic rings. The van der Waals surface area contributed by atoms with Gasteiger partial charge in [0.05, 0.1) is 5.69 Å². The molecule has 1 aliphatic heterocycles. The maximum atomic E-state index is 14.3. The van der Waals surface area contributed by atoms with Crippen LogP contribution in [0.3, 0.4) is 0 Å². The number of para-hydroxylation sites is 1. The van der Waals surface area contributed by atoms with Crippen molar-refractivity contribution in [3.05, 3.63) is 29.6 Å². The van der Waals surface area contributed by atoms with Crippen LogP contribution in [0.25, 0.3) is 0 Å². The Hall–Kier alpha value is -0.740. The van der Waals surface area contributed by atoms with Gasteiger partial charge in [-0.25, -0.2) is 4.39 Å². The summed E-state index contributed by atoms with van der Waals surface area (Å²) in [5.41, 5.74) is 7.91. The molecule has 0 aliphatic carbocycles. The highest BCUT2D eigenvalue weighted by molar-refractivity contribution is 8.00. The molecule has 1 fully saturated rings. The molecule has 1 aromatic carbocycles. The quantitative estimate of drug-likeness (QED) is 0.902. The minimum absolute atomic E-state index is 0.104. The number of hydrogen-bond acceptors (Lipinski definition) is 3. The number of nitrogens with two attached hydrogens (primary N) is 1. The van der Waals surface area contributed by atoms with Crippen molar-refractivity contribution in [2.45, 2.75) is 44.4 Å². The van der Waals surface area contributed by atoms with Crippen molar-refractivity contribution in [3.8, 4) is 0 Å². The van der Waals surface area contributed by atoms with E-state index in [0.717, 1.165) is 49.4 Å². The van der Waals surface area contributed by atoms with E-state index in [2.05, 4.69) is 18.7 Å². The minimum Gasteiger partial charge on any atom is -0.367 e. The Kier molecular flexibility index (Phi) is 5.73. The normalized spacial score (nSPS) is 21.0. The number of halogens is 1. The lowest BCUT2D eigenvalue weighted by molar-refractivity contribution is 0.600. The average molecular weight is 296 g/mol. The molecule has 112 valence electrons. The van der Waals surface area contributed by atoms with Gasteiger partial charge in [-0.3, -0.25) is 0 Å². The molecule has 0 radical (unpaired) electrons. The first-order valence-electron chi connectivity index (χ1n) is 7.55. The standard InChI is InChI=1S/C16H25FN2S/c1-3-13(18)10-12-6-5-7-15(17)16(12)19-8-9-20-14(4-2)11-19/h5-7,13-14H,3-4,8-11,18H2,1-2H3. The Labute approximate surface area is 125 Å². The Balaban J connectivity index is 2.24. The highest BCUT2D eigenvalue weighted by Crippen LogP contribution is 2.31. The molecule has 2 atom stereocenters. The summed E-state index contributed by atoms with van der Waals surface area (Å²) < 4.78 is 14.3. The van der Waals surface area contributed by atoms with Gasteiger partial charge >= 0.3 is 0 Å². The van der Waals surface area contributed by atoms with Gasteiger partial charge < -0.3 is 10.6 Å². The molecule has 0 amide bonds. The van der Waals surface area contributed by atoms with Gasteiger partial charge in [-0.05, 0) is 30.9 Å². The average Bonchev–Trinajstić information content (AvgIpc) is 2.47. The van der Waals surface area contributed by atoms with E-state index >= 15 is 0 Å². The molecular weight excluding hydrogens is 271 g/mol. The van der Waals surface area contributed by atoms with E-state index in [1.807, 2.05) is 17.8 Å². The molecule has 4 heteroatoms. The molecule has 1 heterocycles. The Morgan fingerprint density at radius 2 is 2.25 bits per heavy atom. The van der Waals surface area contributed by atoms with Gasteiger partial charge in [0.1, 0.15) is 5.82 Å². The van der Waals surface area contributed by atoms with Crippen LogP contribution in [0.2, 0.25) is 0 Å². The molecule has 0 spiro atoms. The third-order valence-electron chi connectivity index (χ3n) is 3.99. The van der Waals surface area contributed by atoms with Gasteiger partial charge in [-0.15, -0.1) is 0 Å². The van der Waals surface area contributed by atoms with Crippen LogP contribution in [0.1, 0.15) is 32.3 Å². The molecule has 2 rings (SSSR count). The maximum absolute atomic E-state index is 14.3. The van der Waals surface area contributed by atoms with E-state index in [4.69, 9.17) is 5.73 Å². The summed E-state index contributed by atoms with van der Waals surface area (Å²) >= 11 is 2.00. The van der Waals surface area contributed by atoms with E-state index in [0.29, 0.717) is 5.25 Å². The lowest BCUT2D eigenvalue weighted by Gasteiger charge is -2.35. The highest BCUT2D eigenvalue weighted by Gasteiger charge is 2.23. The van der Waals surface area contributed by atoms with Gasteiger partial charge in [0.2, 0.25) is 0 Å². The summed E-state index contributed by atoms with van der Waals surface area (Å²) in [6.45, 7) is 6.15. The predicted octanol–water partition coefficient (Wildman–Crippen LogP) is 3.44. The third-order valence-corrected chi connectivity index (χ3v) is 5.36. The molecule has 2 unspecified atom stereocenters.